The summed E-state index contributed by atoms with van der Waals surface area (Å²) in [4.78, 5) is 12.0. The number of rotatable bonds is 3. The van der Waals surface area contributed by atoms with Crippen molar-refractivity contribution >= 4 is 17.3 Å². The third kappa shape index (κ3) is 2.96. The van der Waals surface area contributed by atoms with Gasteiger partial charge in [0.05, 0.1) is 11.6 Å². The Morgan fingerprint density at radius 2 is 1.95 bits per heavy atom. The molecule has 0 aliphatic rings. The zero-order chi connectivity index (χ0) is 14.5. The van der Waals surface area contributed by atoms with Gasteiger partial charge in [0.15, 0.2) is 0 Å². The van der Waals surface area contributed by atoms with Gasteiger partial charge in [-0.2, -0.15) is 5.26 Å². The van der Waals surface area contributed by atoms with E-state index in [9.17, 15) is 4.79 Å². The lowest BCUT2D eigenvalue weighted by Gasteiger charge is -2.08. The van der Waals surface area contributed by atoms with Crippen molar-refractivity contribution in [2.24, 2.45) is 0 Å². The number of anilines is 2. The Labute approximate surface area is 117 Å². The highest BCUT2D eigenvalue weighted by Gasteiger charge is 2.07. The SMILES string of the molecule is CCc1ccc(NC(=O)c2ccc(C#N)cc2)cc1N. The van der Waals surface area contributed by atoms with E-state index >= 15 is 0 Å². The molecule has 4 nitrogen and oxygen atoms in total. The van der Waals surface area contributed by atoms with Crippen LogP contribution in [0.5, 0.6) is 0 Å². The van der Waals surface area contributed by atoms with Crippen molar-refractivity contribution in [3.8, 4) is 6.07 Å². The van der Waals surface area contributed by atoms with Gasteiger partial charge in [-0.05, 0) is 48.4 Å². The van der Waals surface area contributed by atoms with Gasteiger partial charge in [0.2, 0.25) is 0 Å². The van der Waals surface area contributed by atoms with Crippen molar-refractivity contribution in [1.29, 1.82) is 5.26 Å². The van der Waals surface area contributed by atoms with Crippen LogP contribution in [0.25, 0.3) is 0 Å². The number of amides is 1. The first kappa shape index (κ1) is 13.6. The summed E-state index contributed by atoms with van der Waals surface area (Å²) in [6.45, 7) is 2.03. The zero-order valence-corrected chi connectivity index (χ0v) is 11.2. The number of nitrogens with two attached hydrogens (primary N) is 1. The summed E-state index contributed by atoms with van der Waals surface area (Å²) >= 11 is 0. The third-order valence-corrected chi connectivity index (χ3v) is 3.06. The second-order valence-corrected chi connectivity index (χ2v) is 4.41. The van der Waals surface area contributed by atoms with Gasteiger partial charge >= 0.3 is 0 Å². The lowest BCUT2D eigenvalue weighted by atomic mass is 10.1. The second-order valence-electron chi connectivity index (χ2n) is 4.41. The molecule has 4 heteroatoms. The molecule has 3 N–H and O–H groups in total. The molecule has 0 spiro atoms. The maximum atomic E-state index is 12.0. The van der Waals surface area contributed by atoms with Gasteiger partial charge in [-0.25, -0.2) is 0 Å². The van der Waals surface area contributed by atoms with Gasteiger partial charge in [0.1, 0.15) is 0 Å². The number of nitrogens with one attached hydrogen (secondary N) is 1. The quantitative estimate of drug-likeness (QED) is 0.837. The molecule has 0 radical (unpaired) electrons. The first-order chi connectivity index (χ1) is 9.63. The molecule has 0 aliphatic heterocycles. The molecule has 0 aliphatic carbocycles. The van der Waals surface area contributed by atoms with Crippen LogP contribution in [0.15, 0.2) is 42.5 Å². The van der Waals surface area contributed by atoms with E-state index in [0.29, 0.717) is 22.5 Å². The lowest BCUT2D eigenvalue weighted by Crippen LogP contribution is -2.12. The highest BCUT2D eigenvalue weighted by molar-refractivity contribution is 6.04. The van der Waals surface area contributed by atoms with Gasteiger partial charge in [0, 0.05) is 16.9 Å². The molecule has 1 amide bonds. The van der Waals surface area contributed by atoms with E-state index in [0.717, 1.165) is 12.0 Å². The van der Waals surface area contributed by atoms with Crippen LogP contribution in [0.4, 0.5) is 11.4 Å². The predicted octanol–water partition coefficient (Wildman–Crippen LogP) is 2.96. The fraction of sp³-hybridized carbons (Fsp3) is 0.125. The normalized spacial score (nSPS) is 9.80. The number of nitrogen functional groups attached to an aromatic ring is 1. The standard InChI is InChI=1S/C16H15N3O/c1-2-12-7-8-14(9-15(12)18)19-16(20)13-5-3-11(10-17)4-6-13/h3-9H,2,18H2,1H3,(H,19,20). The van der Waals surface area contributed by atoms with E-state index in [2.05, 4.69) is 5.32 Å². The van der Waals surface area contributed by atoms with Gasteiger partial charge < -0.3 is 11.1 Å². The van der Waals surface area contributed by atoms with Crippen LogP contribution in [0.3, 0.4) is 0 Å². The van der Waals surface area contributed by atoms with Crippen LogP contribution < -0.4 is 11.1 Å². The van der Waals surface area contributed by atoms with Crippen LogP contribution in [-0.2, 0) is 6.42 Å². The summed E-state index contributed by atoms with van der Waals surface area (Å²) in [5.41, 5.74) is 9.31. The molecule has 20 heavy (non-hydrogen) atoms. The topological polar surface area (TPSA) is 78.9 Å². The Hall–Kier alpha value is -2.80. The number of aryl methyl sites for hydroxylation is 1. The van der Waals surface area contributed by atoms with E-state index < -0.39 is 0 Å². The molecular weight excluding hydrogens is 250 g/mol. The van der Waals surface area contributed by atoms with Crippen LogP contribution in [-0.4, -0.2) is 5.91 Å². The predicted molar refractivity (Wildman–Crippen MR) is 79.3 cm³/mol. The van der Waals surface area contributed by atoms with Crippen molar-refractivity contribution in [2.75, 3.05) is 11.1 Å². The molecule has 2 aromatic carbocycles. The van der Waals surface area contributed by atoms with E-state index in [1.54, 1.807) is 30.3 Å². The molecule has 0 heterocycles. The monoisotopic (exact) mass is 265 g/mol. The maximum absolute atomic E-state index is 12.0. The first-order valence-corrected chi connectivity index (χ1v) is 6.34. The molecule has 0 fully saturated rings. The molecule has 0 saturated carbocycles. The van der Waals surface area contributed by atoms with Crippen LogP contribution >= 0.6 is 0 Å². The molecule has 0 unspecified atom stereocenters. The summed E-state index contributed by atoms with van der Waals surface area (Å²) in [5.74, 6) is -0.224. The summed E-state index contributed by atoms with van der Waals surface area (Å²) in [6, 6.07) is 14.0. The van der Waals surface area contributed by atoms with Gasteiger partial charge in [0.25, 0.3) is 5.91 Å². The molecular formula is C16H15N3O. The van der Waals surface area contributed by atoms with Crippen molar-refractivity contribution in [1.82, 2.24) is 0 Å². The molecule has 100 valence electrons. The highest BCUT2D eigenvalue weighted by Crippen LogP contribution is 2.19. The number of benzene rings is 2. The molecule has 0 saturated heterocycles. The number of hydrogen-bond donors (Lipinski definition) is 2. The van der Waals surface area contributed by atoms with Gasteiger partial charge in [-0.3, -0.25) is 4.79 Å². The Morgan fingerprint density at radius 1 is 1.25 bits per heavy atom. The first-order valence-electron chi connectivity index (χ1n) is 6.34. The van der Waals surface area contributed by atoms with Crippen molar-refractivity contribution in [3.05, 3.63) is 59.2 Å². The van der Waals surface area contributed by atoms with E-state index in [4.69, 9.17) is 11.0 Å². The Morgan fingerprint density at radius 3 is 2.50 bits per heavy atom. The zero-order valence-electron chi connectivity index (χ0n) is 11.2. The lowest BCUT2D eigenvalue weighted by molar-refractivity contribution is 0.102. The summed E-state index contributed by atoms with van der Waals surface area (Å²) in [7, 11) is 0. The summed E-state index contributed by atoms with van der Waals surface area (Å²) in [5, 5.41) is 11.5. The Kier molecular flexibility index (Phi) is 4.02. The minimum absolute atomic E-state index is 0.224. The number of hydrogen-bond acceptors (Lipinski definition) is 3. The minimum Gasteiger partial charge on any atom is -0.398 e. The fourth-order valence-electron chi connectivity index (χ4n) is 1.89. The number of carbonyl (C=O) groups is 1. The van der Waals surface area contributed by atoms with Crippen LogP contribution in [0.2, 0.25) is 0 Å². The smallest absolute Gasteiger partial charge is 0.255 e. The van der Waals surface area contributed by atoms with Gasteiger partial charge in [-0.1, -0.05) is 13.0 Å². The molecule has 2 rings (SSSR count). The van der Waals surface area contributed by atoms with Crippen LogP contribution in [0, 0.1) is 11.3 Å². The van der Waals surface area contributed by atoms with Crippen LogP contribution in [0.1, 0.15) is 28.4 Å². The maximum Gasteiger partial charge on any atom is 0.255 e. The van der Waals surface area contributed by atoms with Crippen molar-refractivity contribution in [3.63, 3.8) is 0 Å². The van der Waals surface area contributed by atoms with Crippen molar-refractivity contribution in [2.45, 2.75) is 13.3 Å². The molecule has 0 atom stereocenters. The Bertz CT molecular complexity index is 669. The minimum atomic E-state index is -0.224. The largest absolute Gasteiger partial charge is 0.398 e. The summed E-state index contributed by atoms with van der Waals surface area (Å²) in [6.07, 6.45) is 0.857. The van der Waals surface area contributed by atoms with E-state index in [-0.39, 0.29) is 5.91 Å². The Balaban J connectivity index is 2.14. The average Bonchev–Trinajstić information content (AvgIpc) is 2.47. The average molecular weight is 265 g/mol. The molecule has 0 aromatic heterocycles. The summed E-state index contributed by atoms with van der Waals surface area (Å²) < 4.78 is 0. The van der Waals surface area contributed by atoms with E-state index in [1.807, 2.05) is 25.1 Å². The number of nitrogens with zero attached hydrogens (tertiary/aromatic N) is 1. The fourth-order valence-corrected chi connectivity index (χ4v) is 1.89. The number of nitriles is 1. The highest BCUT2D eigenvalue weighted by atomic mass is 16.1. The third-order valence-electron chi connectivity index (χ3n) is 3.06. The number of carbonyl (C=O) groups excluding carboxylic acids is 1. The molecule has 2 aromatic rings. The van der Waals surface area contributed by atoms with E-state index in [1.165, 1.54) is 0 Å². The molecule has 0 bridgehead atoms. The second kappa shape index (κ2) is 5.89. The van der Waals surface area contributed by atoms with Gasteiger partial charge in [-0.15, -0.1) is 0 Å². The van der Waals surface area contributed by atoms with Crippen molar-refractivity contribution < 1.29 is 4.79 Å².